The lowest BCUT2D eigenvalue weighted by Crippen LogP contribution is -2.31. The zero-order valence-electron chi connectivity index (χ0n) is 5.18. The number of amides is 2. The summed E-state index contributed by atoms with van der Waals surface area (Å²) in [6.07, 6.45) is 0. The second-order valence-electron chi connectivity index (χ2n) is 1.42. The SMILES string of the molecule is NC(N)=NC(=O)NS(=O)(=O)O. The van der Waals surface area contributed by atoms with Gasteiger partial charge in [0.25, 0.3) is 0 Å². The van der Waals surface area contributed by atoms with Crippen LogP contribution in [0.4, 0.5) is 4.79 Å². The van der Waals surface area contributed by atoms with Crippen LogP contribution in [0.1, 0.15) is 0 Å². The molecule has 64 valence electrons. The maximum atomic E-state index is 10.3. The molecule has 0 bridgehead atoms. The number of nitrogens with one attached hydrogen (secondary N) is 1. The molecule has 11 heavy (non-hydrogen) atoms. The first-order valence-corrected chi connectivity index (χ1v) is 3.64. The maximum absolute atomic E-state index is 10.3. The highest BCUT2D eigenvalue weighted by atomic mass is 32.2. The van der Waals surface area contributed by atoms with E-state index in [0.29, 0.717) is 0 Å². The summed E-state index contributed by atoms with van der Waals surface area (Å²) < 4.78 is 28.9. The molecule has 8 nitrogen and oxygen atoms in total. The Labute approximate surface area is 62.2 Å². The smallest absolute Gasteiger partial charge is 0.361 e. The molecule has 0 aliphatic carbocycles. The molecule has 0 saturated heterocycles. The summed E-state index contributed by atoms with van der Waals surface area (Å²) in [7, 11) is -4.59. The van der Waals surface area contributed by atoms with Crippen LogP contribution in [0, 0.1) is 0 Å². The van der Waals surface area contributed by atoms with Crippen LogP contribution < -0.4 is 16.2 Å². The van der Waals surface area contributed by atoms with Gasteiger partial charge >= 0.3 is 16.3 Å². The fourth-order valence-corrected chi connectivity index (χ4v) is 0.517. The molecule has 0 heterocycles. The van der Waals surface area contributed by atoms with Crippen molar-refractivity contribution in [3.05, 3.63) is 0 Å². The lowest BCUT2D eigenvalue weighted by molar-refractivity contribution is 0.253. The molecule has 0 aliphatic heterocycles. The average molecular weight is 182 g/mol. The van der Waals surface area contributed by atoms with Crippen molar-refractivity contribution in [3.63, 3.8) is 0 Å². The van der Waals surface area contributed by atoms with Crippen LogP contribution in [0.15, 0.2) is 4.99 Å². The zero-order valence-corrected chi connectivity index (χ0v) is 6.00. The number of aliphatic imine (C=N–C) groups is 1. The Morgan fingerprint density at radius 3 is 2.18 bits per heavy atom. The van der Waals surface area contributed by atoms with Crippen LogP contribution in [0.3, 0.4) is 0 Å². The minimum atomic E-state index is -4.59. The summed E-state index contributed by atoms with van der Waals surface area (Å²) in [5.41, 5.74) is 9.41. The number of nitrogens with zero attached hydrogens (tertiary/aromatic N) is 1. The Hall–Kier alpha value is -1.35. The van der Waals surface area contributed by atoms with E-state index >= 15 is 0 Å². The summed E-state index contributed by atoms with van der Waals surface area (Å²) in [6.45, 7) is 0. The molecule has 0 aromatic carbocycles. The van der Waals surface area contributed by atoms with E-state index in [4.69, 9.17) is 16.0 Å². The Balaban J connectivity index is 4.23. The Kier molecular flexibility index (Phi) is 2.78. The molecule has 2 amide bonds. The minimum absolute atomic E-state index is 0.605. The van der Waals surface area contributed by atoms with Crippen LogP contribution in [-0.2, 0) is 10.3 Å². The highest BCUT2D eigenvalue weighted by molar-refractivity contribution is 7.84. The predicted octanol–water partition coefficient (Wildman–Crippen LogP) is -2.23. The van der Waals surface area contributed by atoms with Crippen molar-refractivity contribution >= 4 is 22.3 Å². The number of carbonyl (C=O) groups excluding carboxylic acids is 1. The lowest BCUT2D eigenvalue weighted by atomic mass is 11.0. The van der Waals surface area contributed by atoms with Crippen LogP contribution in [0.25, 0.3) is 0 Å². The number of hydrogen-bond acceptors (Lipinski definition) is 3. The summed E-state index contributed by atoms with van der Waals surface area (Å²) in [6, 6.07) is -1.35. The third kappa shape index (κ3) is 6.54. The maximum Gasteiger partial charge on any atom is 0.361 e. The van der Waals surface area contributed by atoms with Crippen molar-refractivity contribution < 1.29 is 17.8 Å². The molecule has 0 saturated carbocycles. The van der Waals surface area contributed by atoms with Gasteiger partial charge in [-0.05, 0) is 0 Å². The van der Waals surface area contributed by atoms with E-state index < -0.39 is 22.3 Å². The van der Waals surface area contributed by atoms with Gasteiger partial charge in [0, 0.05) is 0 Å². The van der Waals surface area contributed by atoms with Crippen LogP contribution >= 0.6 is 0 Å². The van der Waals surface area contributed by atoms with Gasteiger partial charge < -0.3 is 11.5 Å². The minimum Gasteiger partial charge on any atom is -0.370 e. The predicted molar refractivity (Wildman–Crippen MR) is 35.9 cm³/mol. The quantitative estimate of drug-likeness (QED) is 0.205. The Morgan fingerprint density at radius 1 is 1.45 bits per heavy atom. The van der Waals surface area contributed by atoms with Gasteiger partial charge in [0.2, 0.25) is 0 Å². The van der Waals surface area contributed by atoms with Crippen molar-refractivity contribution in [2.24, 2.45) is 16.5 Å². The van der Waals surface area contributed by atoms with Gasteiger partial charge in [-0.3, -0.25) is 4.55 Å². The van der Waals surface area contributed by atoms with E-state index in [-0.39, 0.29) is 0 Å². The number of hydrogen-bond donors (Lipinski definition) is 4. The standard InChI is InChI=1S/C2H6N4O4S/c3-1(4)5-2(7)6-11(8,9)10/h(H,8,9,10)(H5,3,4,5,6,7). The van der Waals surface area contributed by atoms with E-state index in [9.17, 15) is 13.2 Å². The lowest BCUT2D eigenvalue weighted by Gasteiger charge is -1.94. The summed E-state index contributed by atoms with van der Waals surface area (Å²) in [5, 5.41) is 0. The highest BCUT2D eigenvalue weighted by Crippen LogP contribution is 1.77. The van der Waals surface area contributed by atoms with E-state index in [2.05, 4.69) is 4.99 Å². The topological polar surface area (TPSA) is 148 Å². The molecule has 0 rings (SSSR count). The van der Waals surface area contributed by atoms with Crippen LogP contribution in [0.2, 0.25) is 0 Å². The van der Waals surface area contributed by atoms with Gasteiger partial charge in [-0.15, -0.1) is 0 Å². The number of carbonyl (C=O) groups is 1. The van der Waals surface area contributed by atoms with Crippen molar-refractivity contribution in [2.75, 3.05) is 0 Å². The van der Waals surface area contributed by atoms with Gasteiger partial charge in [-0.1, -0.05) is 0 Å². The van der Waals surface area contributed by atoms with E-state index in [1.807, 2.05) is 0 Å². The van der Waals surface area contributed by atoms with E-state index in [1.54, 1.807) is 0 Å². The first-order valence-electron chi connectivity index (χ1n) is 2.20. The van der Waals surface area contributed by atoms with E-state index in [0.717, 1.165) is 4.72 Å². The molecule has 0 aromatic rings. The van der Waals surface area contributed by atoms with Gasteiger partial charge in [-0.25, -0.2) is 9.52 Å². The fourth-order valence-electron chi connectivity index (χ4n) is 0.250. The van der Waals surface area contributed by atoms with Gasteiger partial charge in [0.05, 0.1) is 0 Å². The molecule has 6 N–H and O–H groups in total. The molecule has 0 radical (unpaired) electrons. The summed E-state index contributed by atoms with van der Waals surface area (Å²) in [4.78, 5) is 13.0. The molecule has 0 atom stereocenters. The Morgan fingerprint density at radius 2 is 1.91 bits per heavy atom. The normalized spacial score (nSPS) is 10.3. The second-order valence-corrected chi connectivity index (χ2v) is 2.57. The fraction of sp³-hybridized carbons (Fsp3) is 0. The highest BCUT2D eigenvalue weighted by Gasteiger charge is 2.07. The van der Waals surface area contributed by atoms with Crippen LogP contribution in [-0.4, -0.2) is 25.0 Å². The monoisotopic (exact) mass is 182 g/mol. The molecular weight excluding hydrogens is 176 g/mol. The first kappa shape index (κ1) is 9.65. The zero-order chi connectivity index (χ0) is 9.07. The number of nitrogens with two attached hydrogens (primary N) is 2. The molecule has 0 fully saturated rings. The van der Waals surface area contributed by atoms with Crippen molar-refractivity contribution in [1.29, 1.82) is 0 Å². The third-order valence-electron chi connectivity index (χ3n) is 0.447. The molecule has 0 spiro atoms. The largest absolute Gasteiger partial charge is 0.370 e. The van der Waals surface area contributed by atoms with Gasteiger partial charge in [-0.2, -0.15) is 13.4 Å². The molecule has 9 heteroatoms. The second kappa shape index (κ2) is 3.16. The van der Waals surface area contributed by atoms with Gasteiger partial charge in [0.15, 0.2) is 5.96 Å². The number of rotatable bonds is 1. The number of guanidine groups is 1. The molecule has 0 aromatic heterocycles. The molecular formula is C2H6N4O4S. The molecule has 0 unspecified atom stereocenters. The average Bonchev–Trinajstić information content (AvgIpc) is 1.53. The van der Waals surface area contributed by atoms with Crippen molar-refractivity contribution in [1.82, 2.24) is 4.72 Å². The number of urea groups is 1. The molecule has 0 aliphatic rings. The van der Waals surface area contributed by atoms with Crippen molar-refractivity contribution in [2.45, 2.75) is 0 Å². The van der Waals surface area contributed by atoms with E-state index in [1.165, 1.54) is 0 Å². The first-order chi connectivity index (χ1) is 4.81. The summed E-state index contributed by atoms with van der Waals surface area (Å²) >= 11 is 0. The van der Waals surface area contributed by atoms with Gasteiger partial charge in [0.1, 0.15) is 0 Å². The van der Waals surface area contributed by atoms with Crippen molar-refractivity contribution in [3.8, 4) is 0 Å². The summed E-state index contributed by atoms with van der Waals surface area (Å²) in [5.74, 6) is -0.605. The van der Waals surface area contributed by atoms with Crippen LogP contribution in [0.5, 0.6) is 0 Å². The Bertz CT molecular complexity index is 274. The third-order valence-corrected chi connectivity index (χ3v) is 0.880.